The van der Waals surface area contributed by atoms with Crippen LogP contribution < -0.4 is 10.2 Å². The van der Waals surface area contributed by atoms with Crippen molar-refractivity contribution in [3.63, 3.8) is 0 Å². The molecule has 1 N–H and O–H groups in total. The first-order chi connectivity index (χ1) is 8.50. The first-order valence-electron chi connectivity index (χ1n) is 6.63. The number of aromatic nitrogens is 1. The van der Waals surface area contributed by atoms with Gasteiger partial charge in [0.1, 0.15) is 5.82 Å². The molecule has 18 heavy (non-hydrogen) atoms. The Kier molecular flexibility index (Phi) is 3.76. The van der Waals surface area contributed by atoms with Crippen molar-refractivity contribution in [1.29, 1.82) is 0 Å². The number of morpholine rings is 1. The maximum Gasteiger partial charge on any atom is 0.127 e. The van der Waals surface area contributed by atoms with Crippen LogP contribution in [-0.4, -0.2) is 36.3 Å². The molecule has 2 rings (SSSR count). The third-order valence-electron chi connectivity index (χ3n) is 3.04. The van der Waals surface area contributed by atoms with Crippen LogP contribution in [-0.2, 0) is 4.74 Å². The lowest BCUT2D eigenvalue weighted by molar-refractivity contribution is -0.0749. The van der Waals surface area contributed by atoms with Crippen molar-refractivity contribution in [3.05, 3.63) is 18.3 Å². The summed E-state index contributed by atoms with van der Waals surface area (Å²) >= 11 is 0. The van der Waals surface area contributed by atoms with Gasteiger partial charge in [-0.15, -0.1) is 0 Å². The second kappa shape index (κ2) is 5.14. The predicted octanol–water partition coefficient (Wildman–Crippen LogP) is 2.52. The fourth-order valence-corrected chi connectivity index (χ4v) is 2.54. The van der Waals surface area contributed by atoms with Crippen LogP contribution in [0.2, 0.25) is 0 Å². The first-order valence-corrected chi connectivity index (χ1v) is 6.63. The highest BCUT2D eigenvalue weighted by Crippen LogP contribution is 2.26. The molecular weight excluding hydrogens is 226 g/mol. The van der Waals surface area contributed by atoms with Crippen molar-refractivity contribution in [2.45, 2.75) is 39.4 Å². The van der Waals surface area contributed by atoms with E-state index in [-0.39, 0.29) is 11.7 Å². The van der Waals surface area contributed by atoms with Crippen LogP contribution in [0.25, 0.3) is 0 Å². The lowest BCUT2D eigenvalue weighted by Gasteiger charge is -2.43. The highest BCUT2D eigenvalue weighted by atomic mass is 16.5. The normalized spacial score (nSPS) is 22.9. The summed E-state index contributed by atoms with van der Waals surface area (Å²) in [5, 5.41) is 3.25. The van der Waals surface area contributed by atoms with E-state index in [2.05, 4.69) is 55.0 Å². The number of hydrogen-bond acceptors (Lipinski definition) is 4. The third kappa shape index (κ3) is 3.13. The Morgan fingerprint density at radius 1 is 1.56 bits per heavy atom. The maximum atomic E-state index is 5.93. The highest BCUT2D eigenvalue weighted by molar-refractivity contribution is 5.54. The Morgan fingerprint density at radius 2 is 2.33 bits per heavy atom. The number of hydrogen-bond donors (Lipinski definition) is 1. The van der Waals surface area contributed by atoms with E-state index < -0.39 is 0 Å². The number of anilines is 2. The molecule has 1 fully saturated rings. The summed E-state index contributed by atoms with van der Waals surface area (Å²) in [6.45, 7) is 11.2. The summed E-state index contributed by atoms with van der Waals surface area (Å²) in [6, 6.07) is 4.17. The Hall–Kier alpha value is -1.29. The minimum absolute atomic E-state index is 0.0979. The second-order valence-electron chi connectivity index (χ2n) is 5.50. The topological polar surface area (TPSA) is 37.4 Å². The summed E-state index contributed by atoms with van der Waals surface area (Å²) in [5.74, 6) is 0.937. The van der Waals surface area contributed by atoms with Crippen LogP contribution in [0.1, 0.15) is 27.7 Å². The molecule has 1 aromatic heterocycles. The number of rotatable bonds is 3. The average molecular weight is 249 g/mol. The molecule has 0 aliphatic carbocycles. The Morgan fingerprint density at radius 3 is 3.00 bits per heavy atom. The molecular formula is C14H23N3O. The zero-order valence-corrected chi connectivity index (χ0v) is 11.7. The molecule has 1 unspecified atom stereocenters. The molecule has 0 spiro atoms. The first kappa shape index (κ1) is 13.1. The zero-order valence-electron chi connectivity index (χ0n) is 11.7. The summed E-state index contributed by atoms with van der Waals surface area (Å²) in [5.41, 5.74) is 1.11. The Bertz CT molecular complexity index is 406. The lowest BCUT2D eigenvalue weighted by Crippen LogP contribution is -2.52. The monoisotopic (exact) mass is 249 g/mol. The fourth-order valence-electron chi connectivity index (χ4n) is 2.54. The molecule has 0 amide bonds. The zero-order chi connectivity index (χ0) is 13.2. The molecule has 2 heterocycles. The van der Waals surface area contributed by atoms with Gasteiger partial charge in [-0.25, -0.2) is 4.98 Å². The molecule has 1 aromatic rings. The quantitative estimate of drug-likeness (QED) is 0.893. The van der Waals surface area contributed by atoms with Gasteiger partial charge in [-0.05, 0) is 33.8 Å². The minimum Gasteiger partial charge on any atom is -0.370 e. The van der Waals surface area contributed by atoms with Gasteiger partial charge in [-0.2, -0.15) is 0 Å². The van der Waals surface area contributed by atoms with Crippen molar-refractivity contribution in [1.82, 2.24) is 4.98 Å². The molecule has 1 atom stereocenters. The van der Waals surface area contributed by atoms with E-state index in [4.69, 9.17) is 4.74 Å². The van der Waals surface area contributed by atoms with E-state index in [1.165, 1.54) is 5.69 Å². The van der Waals surface area contributed by atoms with Gasteiger partial charge in [-0.3, -0.25) is 0 Å². The van der Waals surface area contributed by atoms with Gasteiger partial charge in [0.25, 0.3) is 0 Å². The van der Waals surface area contributed by atoms with Crippen LogP contribution in [0, 0.1) is 0 Å². The van der Waals surface area contributed by atoms with Crippen LogP contribution in [0.4, 0.5) is 11.5 Å². The fraction of sp³-hybridized carbons (Fsp3) is 0.643. The minimum atomic E-state index is -0.0979. The smallest absolute Gasteiger partial charge is 0.127 e. The summed E-state index contributed by atoms with van der Waals surface area (Å²) in [6.07, 6.45) is 2.12. The standard InChI is InChI=1S/C14H23N3O/c1-5-15-13-8-12(6-7-16-13)17-9-11(2)18-14(3,4)10-17/h6-8,11H,5,9-10H2,1-4H3,(H,15,16). The van der Waals surface area contributed by atoms with Crippen molar-refractivity contribution in [2.24, 2.45) is 0 Å². The van der Waals surface area contributed by atoms with Gasteiger partial charge in [0.05, 0.1) is 11.7 Å². The highest BCUT2D eigenvalue weighted by Gasteiger charge is 2.31. The van der Waals surface area contributed by atoms with Crippen LogP contribution in [0.5, 0.6) is 0 Å². The Labute approximate surface area is 109 Å². The van der Waals surface area contributed by atoms with Crippen molar-refractivity contribution in [3.8, 4) is 0 Å². The van der Waals surface area contributed by atoms with Crippen LogP contribution in [0.3, 0.4) is 0 Å². The molecule has 0 aromatic carbocycles. The predicted molar refractivity (Wildman–Crippen MR) is 75.2 cm³/mol. The van der Waals surface area contributed by atoms with Gasteiger partial charge in [-0.1, -0.05) is 0 Å². The summed E-state index contributed by atoms with van der Waals surface area (Å²) in [4.78, 5) is 6.68. The molecule has 4 nitrogen and oxygen atoms in total. The van der Waals surface area contributed by atoms with Gasteiger partial charge in [0, 0.05) is 37.6 Å². The molecule has 1 aliphatic rings. The molecule has 0 saturated carbocycles. The molecule has 100 valence electrons. The number of ether oxygens (including phenoxy) is 1. The van der Waals surface area contributed by atoms with Gasteiger partial charge >= 0.3 is 0 Å². The lowest BCUT2D eigenvalue weighted by atomic mass is 10.0. The average Bonchev–Trinajstić information content (AvgIpc) is 2.27. The van der Waals surface area contributed by atoms with Crippen molar-refractivity contribution >= 4 is 11.5 Å². The van der Waals surface area contributed by atoms with Crippen LogP contribution >= 0.6 is 0 Å². The SMILES string of the molecule is CCNc1cc(N2CC(C)OC(C)(C)C2)ccn1. The largest absolute Gasteiger partial charge is 0.370 e. The number of nitrogens with zero attached hydrogens (tertiary/aromatic N) is 2. The Balaban J connectivity index is 2.17. The number of pyridine rings is 1. The van der Waals surface area contributed by atoms with E-state index >= 15 is 0 Å². The van der Waals surface area contributed by atoms with Crippen molar-refractivity contribution in [2.75, 3.05) is 29.9 Å². The second-order valence-corrected chi connectivity index (χ2v) is 5.50. The maximum absolute atomic E-state index is 5.93. The van der Waals surface area contributed by atoms with E-state index in [1.54, 1.807) is 0 Å². The van der Waals surface area contributed by atoms with Gasteiger partial charge in [0.15, 0.2) is 0 Å². The molecule has 1 saturated heterocycles. The van der Waals surface area contributed by atoms with E-state index in [0.717, 1.165) is 25.5 Å². The van der Waals surface area contributed by atoms with E-state index in [9.17, 15) is 0 Å². The summed E-state index contributed by atoms with van der Waals surface area (Å²) < 4.78 is 5.93. The molecule has 0 radical (unpaired) electrons. The summed E-state index contributed by atoms with van der Waals surface area (Å²) in [7, 11) is 0. The van der Waals surface area contributed by atoms with Gasteiger partial charge in [0.2, 0.25) is 0 Å². The van der Waals surface area contributed by atoms with Crippen LogP contribution in [0.15, 0.2) is 18.3 Å². The van der Waals surface area contributed by atoms with E-state index in [1.807, 2.05) is 6.20 Å². The molecule has 0 bridgehead atoms. The molecule has 4 heteroatoms. The third-order valence-corrected chi connectivity index (χ3v) is 3.04. The van der Waals surface area contributed by atoms with E-state index in [0.29, 0.717) is 0 Å². The number of nitrogens with one attached hydrogen (secondary N) is 1. The van der Waals surface area contributed by atoms with Gasteiger partial charge < -0.3 is 15.0 Å². The molecule has 1 aliphatic heterocycles. The van der Waals surface area contributed by atoms with Crippen molar-refractivity contribution < 1.29 is 4.74 Å².